The number of carbonyl (C=O) groups excluding carboxylic acids is 1. The molecule has 7 nitrogen and oxygen atoms in total. The number of likely N-dealkylation sites (N-methyl/N-ethyl adjacent to an activating group) is 1. The van der Waals surface area contributed by atoms with E-state index in [0.717, 1.165) is 11.1 Å². The zero-order valence-electron chi connectivity index (χ0n) is 14.9. The topological polar surface area (TPSA) is 77.7 Å². The van der Waals surface area contributed by atoms with Gasteiger partial charge in [0.1, 0.15) is 11.5 Å². The lowest BCUT2D eigenvalue weighted by Crippen LogP contribution is -2.30. The molecule has 0 aliphatic carbocycles. The van der Waals surface area contributed by atoms with Crippen LogP contribution in [0.1, 0.15) is 5.56 Å². The van der Waals surface area contributed by atoms with E-state index in [2.05, 4.69) is 14.9 Å². The summed E-state index contributed by atoms with van der Waals surface area (Å²) in [7, 11) is 1.63. The van der Waals surface area contributed by atoms with Crippen LogP contribution >= 0.6 is 0 Å². The van der Waals surface area contributed by atoms with E-state index in [-0.39, 0.29) is 18.3 Å². The van der Waals surface area contributed by atoms with Gasteiger partial charge < -0.3 is 18.8 Å². The quantitative estimate of drug-likeness (QED) is 0.588. The number of hydrogen-bond acceptors (Lipinski definition) is 6. The van der Waals surface area contributed by atoms with E-state index in [4.69, 9.17) is 9.15 Å². The number of rotatable bonds is 8. The van der Waals surface area contributed by atoms with Crippen molar-refractivity contribution in [3.63, 3.8) is 0 Å². The summed E-state index contributed by atoms with van der Waals surface area (Å²) in [5.41, 5.74) is 1.52. The first-order chi connectivity index (χ1) is 13.5. The summed E-state index contributed by atoms with van der Waals surface area (Å²) in [6.07, 6.45) is 1.24. The van der Waals surface area contributed by atoms with Gasteiger partial charge >= 0.3 is 6.61 Å². The van der Waals surface area contributed by atoms with Crippen LogP contribution in [0.4, 0.5) is 8.78 Å². The summed E-state index contributed by atoms with van der Waals surface area (Å²) < 4.78 is 39.2. The van der Waals surface area contributed by atoms with Crippen molar-refractivity contribution in [2.45, 2.75) is 13.2 Å². The maximum absolute atomic E-state index is 12.2. The Labute approximate surface area is 159 Å². The summed E-state index contributed by atoms with van der Waals surface area (Å²) in [6, 6.07) is 13.0. The molecule has 0 N–H and O–H groups in total. The number of aromatic nitrogens is 2. The second kappa shape index (κ2) is 8.94. The maximum Gasteiger partial charge on any atom is 0.387 e. The third kappa shape index (κ3) is 5.26. The first-order valence-electron chi connectivity index (χ1n) is 8.28. The predicted molar refractivity (Wildman–Crippen MR) is 94.8 cm³/mol. The minimum atomic E-state index is -2.87. The van der Waals surface area contributed by atoms with E-state index < -0.39 is 6.61 Å². The maximum atomic E-state index is 12.2. The first-order valence-corrected chi connectivity index (χ1v) is 8.28. The van der Waals surface area contributed by atoms with Crippen molar-refractivity contribution in [3.05, 3.63) is 60.5 Å². The van der Waals surface area contributed by atoms with E-state index in [1.54, 1.807) is 43.4 Å². The molecule has 0 aliphatic heterocycles. The van der Waals surface area contributed by atoms with Gasteiger partial charge in [-0.05, 0) is 42.0 Å². The van der Waals surface area contributed by atoms with Gasteiger partial charge in [0.05, 0.1) is 0 Å². The molecule has 9 heteroatoms. The summed E-state index contributed by atoms with van der Waals surface area (Å²) in [5, 5.41) is 7.42. The Morgan fingerprint density at radius 3 is 2.39 bits per heavy atom. The third-order valence-electron chi connectivity index (χ3n) is 3.82. The summed E-state index contributed by atoms with van der Waals surface area (Å²) in [4.78, 5) is 13.7. The molecule has 0 aliphatic rings. The third-order valence-corrected chi connectivity index (χ3v) is 3.82. The van der Waals surface area contributed by atoms with E-state index in [9.17, 15) is 13.6 Å². The van der Waals surface area contributed by atoms with Crippen LogP contribution in [0.25, 0.3) is 11.5 Å². The first kappa shape index (κ1) is 19.3. The highest BCUT2D eigenvalue weighted by atomic mass is 19.3. The number of benzene rings is 2. The van der Waals surface area contributed by atoms with Crippen LogP contribution in [-0.2, 0) is 11.3 Å². The molecule has 0 spiro atoms. The van der Waals surface area contributed by atoms with Gasteiger partial charge in [-0.15, -0.1) is 10.2 Å². The number of amides is 1. The molecule has 0 atom stereocenters. The molecule has 0 unspecified atom stereocenters. The second-order valence-corrected chi connectivity index (χ2v) is 5.83. The minimum Gasteiger partial charge on any atom is -0.484 e. The molecule has 146 valence electrons. The molecule has 0 fully saturated rings. The van der Waals surface area contributed by atoms with E-state index in [0.29, 0.717) is 18.2 Å². The zero-order chi connectivity index (χ0) is 19.9. The molecular weight excluding hydrogens is 372 g/mol. The fraction of sp³-hybridized carbons (Fsp3) is 0.211. The number of hydrogen-bond donors (Lipinski definition) is 0. The number of ether oxygens (including phenoxy) is 2. The van der Waals surface area contributed by atoms with Gasteiger partial charge in [-0.2, -0.15) is 8.78 Å². The molecule has 1 heterocycles. The van der Waals surface area contributed by atoms with Crippen molar-refractivity contribution < 1.29 is 27.5 Å². The highest BCUT2D eigenvalue weighted by Gasteiger charge is 2.11. The second-order valence-electron chi connectivity index (χ2n) is 5.83. The molecule has 1 aromatic heterocycles. The van der Waals surface area contributed by atoms with Gasteiger partial charge in [-0.3, -0.25) is 4.79 Å². The van der Waals surface area contributed by atoms with Crippen molar-refractivity contribution in [1.29, 1.82) is 0 Å². The van der Waals surface area contributed by atoms with Gasteiger partial charge in [-0.1, -0.05) is 12.1 Å². The predicted octanol–water partition coefficient (Wildman–Crippen LogP) is 3.38. The largest absolute Gasteiger partial charge is 0.484 e. The minimum absolute atomic E-state index is 0.0695. The van der Waals surface area contributed by atoms with Crippen LogP contribution in [0.15, 0.2) is 59.3 Å². The fourth-order valence-electron chi connectivity index (χ4n) is 2.39. The number of halogens is 2. The van der Waals surface area contributed by atoms with Crippen LogP contribution in [0.5, 0.6) is 11.5 Å². The molecule has 0 saturated carbocycles. The Balaban J connectivity index is 1.49. The van der Waals surface area contributed by atoms with Gasteiger partial charge in [0.25, 0.3) is 5.91 Å². The summed E-state index contributed by atoms with van der Waals surface area (Å²) >= 11 is 0. The van der Waals surface area contributed by atoms with Crippen molar-refractivity contribution in [2.75, 3.05) is 13.7 Å². The number of nitrogens with zero attached hydrogens (tertiary/aromatic N) is 3. The van der Waals surface area contributed by atoms with Gasteiger partial charge in [0.2, 0.25) is 12.3 Å². The highest BCUT2D eigenvalue weighted by molar-refractivity contribution is 5.77. The summed E-state index contributed by atoms with van der Waals surface area (Å²) in [6.45, 7) is -2.69. The number of carbonyl (C=O) groups is 1. The van der Waals surface area contributed by atoms with Gasteiger partial charge in [-0.25, -0.2) is 0 Å². The highest BCUT2D eigenvalue weighted by Crippen LogP contribution is 2.20. The van der Waals surface area contributed by atoms with Gasteiger partial charge in [0, 0.05) is 19.2 Å². The number of alkyl halides is 2. The van der Waals surface area contributed by atoms with Crippen molar-refractivity contribution in [3.8, 4) is 23.0 Å². The average Bonchev–Trinajstić information content (AvgIpc) is 3.22. The molecule has 3 rings (SSSR count). The molecule has 0 radical (unpaired) electrons. The molecule has 2 aromatic carbocycles. The molecule has 0 saturated heterocycles. The SMILES string of the molecule is CN(Cc1ccc(OC(F)F)cc1)C(=O)COc1ccc(-c2nnco2)cc1. The van der Waals surface area contributed by atoms with Gasteiger partial charge in [0.15, 0.2) is 6.61 Å². The molecule has 28 heavy (non-hydrogen) atoms. The van der Waals surface area contributed by atoms with Crippen LogP contribution in [0, 0.1) is 0 Å². The Morgan fingerprint density at radius 1 is 1.11 bits per heavy atom. The van der Waals surface area contributed by atoms with Crippen LogP contribution < -0.4 is 9.47 Å². The van der Waals surface area contributed by atoms with Crippen LogP contribution in [0.3, 0.4) is 0 Å². The van der Waals surface area contributed by atoms with E-state index in [1.807, 2.05) is 0 Å². The fourth-order valence-corrected chi connectivity index (χ4v) is 2.39. The zero-order valence-corrected chi connectivity index (χ0v) is 14.9. The Hall–Kier alpha value is -3.49. The normalized spacial score (nSPS) is 10.7. The smallest absolute Gasteiger partial charge is 0.387 e. The Morgan fingerprint density at radius 2 is 1.79 bits per heavy atom. The van der Waals surface area contributed by atoms with Crippen molar-refractivity contribution in [1.82, 2.24) is 15.1 Å². The van der Waals surface area contributed by atoms with Crippen molar-refractivity contribution in [2.24, 2.45) is 0 Å². The lowest BCUT2D eigenvalue weighted by atomic mass is 10.2. The molecular formula is C19H17F2N3O4. The van der Waals surface area contributed by atoms with E-state index in [1.165, 1.54) is 23.4 Å². The Kier molecular flexibility index (Phi) is 6.15. The molecule has 3 aromatic rings. The monoisotopic (exact) mass is 389 g/mol. The van der Waals surface area contributed by atoms with Crippen molar-refractivity contribution >= 4 is 5.91 Å². The van der Waals surface area contributed by atoms with Crippen LogP contribution in [-0.4, -0.2) is 41.3 Å². The summed E-state index contributed by atoms with van der Waals surface area (Å²) in [5.74, 6) is 0.764. The lowest BCUT2D eigenvalue weighted by Gasteiger charge is -2.18. The Bertz CT molecular complexity index is 885. The van der Waals surface area contributed by atoms with E-state index >= 15 is 0 Å². The van der Waals surface area contributed by atoms with Crippen LogP contribution in [0.2, 0.25) is 0 Å². The lowest BCUT2D eigenvalue weighted by molar-refractivity contribution is -0.132. The molecule has 0 bridgehead atoms. The standard InChI is InChI=1S/C19H17F2N3O4/c1-24(10-13-2-6-16(7-3-13)28-19(20)21)17(25)11-26-15-8-4-14(5-9-15)18-23-22-12-27-18/h2-9,12,19H,10-11H2,1H3. The molecule has 1 amide bonds. The average molecular weight is 389 g/mol.